The molecule has 1 saturated carbocycles. The average molecular weight is 284 g/mol. The van der Waals surface area contributed by atoms with Crippen LogP contribution in [0.4, 0.5) is 4.79 Å². The Morgan fingerprint density at radius 2 is 1.95 bits per heavy atom. The lowest BCUT2D eigenvalue weighted by atomic mass is 9.61. The van der Waals surface area contributed by atoms with Crippen LogP contribution in [0.2, 0.25) is 0 Å². The Kier molecular flexibility index (Phi) is 5.42. The largest absolute Gasteiger partial charge is 0.481 e. The molecule has 5 nitrogen and oxygen atoms in total. The normalized spacial score (nSPS) is 30.4. The molecule has 3 N–H and O–H groups in total. The highest BCUT2D eigenvalue weighted by Crippen LogP contribution is 2.45. The highest BCUT2D eigenvalue weighted by atomic mass is 16.4. The lowest BCUT2D eigenvalue weighted by Gasteiger charge is -2.46. The van der Waals surface area contributed by atoms with Gasteiger partial charge in [0.05, 0.1) is 5.92 Å². The predicted octanol–water partition coefficient (Wildman–Crippen LogP) is 2.61. The van der Waals surface area contributed by atoms with Gasteiger partial charge in [-0.05, 0) is 37.5 Å². The third-order valence-corrected chi connectivity index (χ3v) is 5.05. The zero-order valence-corrected chi connectivity index (χ0v) is 13.2. The first-order chi connectivity index (χ1) is 9.20. The molecule has 1 rings (SSSR count). The van der Waals surface area contributed by atoms with Crippen molar-refractivity contribution in [3.8, 4) is 0 Å². The number of carbonyl (C=O) groups excluding carboxylic acids is 1. The van der Waals surface area contributed by atoms with Crippen molar-refractivity contribution in [2.45, 2.75) is 66.0 Å². The summed E-state index contributed by atoms with van der Waals surface area (Å²) in [5.74, 6) is -0.947. The van der Waals surface area contributed by atoms with Gasteiger partial charge in [-0.1, -0.05) is 27.7 Å². The molecule has 0 saturated heterocycles. The standard InChI is InChI=1S/C15H28N2O3/c1-6-9(2)16-14(20)17-12-8-7-11(13(18)19)15(4,5)10(12)3/h9-12H,6-8H2,1-5H3,(H,18,19)(H2,16,17,20). The number of carboxylic acid groups (broad SMARTS) is 1. The SMILES string of the molecule is CCC(C)NC(=O)NC1CCC(C(=O)O)C(C)(C)C1C. The Labute approximate surface area is 121 Å². The molecular weight excluding hydrogens is 256 g/mol. The van der Waals surface area contributed by atoms with E-state index in [4.69, 9.17) is 0 Å². The second kappa shape index (κ2) is 6.46. The van der Waals surface area contributed by atoms with Crippen molar-refractivity contribution >= 4 is 12.0 Å². The minimum atomic E-state index is -0.732. The molecule has 0 aromatic rings. The fourth-order valence-corrected chi connectivity index (χ4v) is 2.98. The number of aliphatic carboxylic acids is 1. The summed E-state index contributed by atoms with van der Waals surface area (Å²) >= 11 is 0. The molecule has 1 aliphatic carbocycles. The minimum Gasteiger partial charge on any atom is -0.481 e. The number of nitrogens with one attached hydrogen (secondary N) is 2. The maximum absolute atomic E-state index is 11.9. The summed E-state index contributed by atoms with van der Waals surface area (Å²) < 4.78 is 0. The zero-order valence-electron chi connectivity index (χ0n) is 13.2. The molecule has 20 heavy (non-hydrogen) atoms. The molecular formula is C15H28N2O3. The van der Waals surface area contributed by atoms with Crippen LogP contribution >= 0.6 is 0 Å². The molecule has 4 atom stereocenters. The van der Waals surface area contributed by atoms with Gasteiger partial charge in [0.25, 0.3) is 0 Å². The fourth-order valence-electron chi connectivity index (χ4n) is 2.98. The molecule has 0 aromatic carbocycles. The molecule has 0 heterocycles. The Morgan fingerprint density at radius 3 is 2.45 bits per heavy atom. The van der Waals surface area contributed by atoms with Crippen LogP contribution in [0.3, 0.4) is 0 Å². The lowest BCUT2D eigenvalue weighted by molar-refractivity contribution is -0.150. The summed E-state index contributed by atoms with van der Waals surface area (Å²) in [5.41, 5.74) is -0.321. The molecule has 2 amide bonds. The third-order valence-electron chi connectivity index (χ3n) is 5.05. The Hall–Kier alpha value is -1.26. The van der Waals surface area contributed by atoms with Crippen molar-refractivity contribution in [2.75, 3.05) is 0 Å². The first-order valence-corrected chi connectivity index (χ1v) is 7.50. The summed E-state index contributed by atoms with van der Waals surface area (Å²) in [6.45, 7) is 9.99. The van der Waals surface area contributed by atoms with Gasteiger partial charge in [-0.3, -0.25) is 4.79 Å². The predicted molar refractivity (Wildman–Crippen MR) is 78.5 cm³/mol. The molecule has 1 fully saturated rings. The van der Waals surface area contributed by atoms with Crippen LogP contribution in [0, 0.1) is 17.3 Å². The monoisotopic (exact) mass is 284 g/mol. The van der Waals surface area contributed by atoms with Gasteiger partial charge in [0, 0.05) is 12.1 Å². The fraction of sp³-hybridized carbons (Fsp3) is 0.867. The first kappa shape index (κ1) is 16.8. The van der Waals surface area contributed by atoms with E-state index < -0.39 is 5.97 Å². The van der Waals surface area contributed by atoms with Crippen molar-refractivity contribution in [1.29, 1.82) is 0 Å². The molecule has 1 aliphatic rings. The summed E-state index contributed by atoms with van der Waals surface area (Å²) in [5, 5.41) is 15.2. The van der Waals surface area contributed by atoms with E-state index in [2.05, 4.69) is 10.6 Å². The van der Waals surface area contributed by atoms with Gasteiger partial charge < -0.3 is 15.7 Å². The summed E-state index contributed by atoms with van der Waals surface area (Å²) in [7, 11) is 0. The number of urea groups is 1. The third kappa shape index (κ3) is 3.64. The number of hydrogen-bond acceptors (Lipinski definition) is 2. The van der Waals surface area contributed by atoms with E-state index in [0.29, 0.717) is 6.42 Å². The minimum absolute atomic E-state index is 0.0321. The summed E-state index contributed by atoms with van der Waals surface area (Å²) in [4.78, 5) is 23.2. The molecule has 0 spiro atoms. The number of carbonyl (C=O) groups is 2. The van der Waals surface area contributed by atoms with Gasteiger partial charge in [-0.25, -0.2) is 4.79 Å². The van der Waals surface area contributed by atoms with Crippen LogP contribution in [0.25, 0.3) is 0 Å². The second-order valence-corrected chi connectivity index (χ2v) is 6.61. The van der Waals surface area contributed by atoms with Gasteiger partial charge >= 0.3 is 12.0 Å². The van der Waals surface area contributed by atoms with Gasteiger partial charge in [-0.15, -0.1) is 0 Å². The van der Waals surface area contributed by atoms with Crippen molar-refractivity contribution in [1.82, 2.24) is 10.6 Å². The van der Waals surface area contributed by atoms with E-state index in [0.717, 1.165) is 12.8 Å². The van der Waals surface area contributed by atoms with Gasteiger partial charge in [-0.2, -0.15) is 0 Å². The van der Waals surface area contributed by atoms with Crippen molar-refractivity contribution in [3.05, 3.63) is 0 Å². The van der Waals surface area contributed by atoms with Gasteiger partial charge in [0.2, 0.25) is 0 Å². The van der Waals surface area contributed by atoms with Crippen LogP contribution < -0.4 is 10.6 Å². The molecule has 116 valence electrons. The van der Waals surface area contributed by atoms with Crippen molar-refractivity contribution in [3.63, 3.8) is 0 Å². The Balaban J connectivity index is 2.66. The molecule has 4 unspecified atom stereocenters. The number of amides is 2. The van der Waals surface area contributed by atoms with E-state index in [1.165, 1.54) is 0 Å². The van der Waals surface area contributed by atoms with E-state index in [9.17, 15) is 14.7 Å². The smallest absolute Gasteiger partial charge is 0.315 e. The molecule has 0 bridgehead atoms. The lowest BCUT2D eigenvalue weighted by Crippen LogP contribution is -2.55. The van der Waals surface area contributed by atoms with E-state index in [-0.39, 0.29) is 35.4 Å². The maximum Gasteiger partial charge on any atom is 0.315 e. The zero-order chi connectivity index (χ0) is 15.5. The number of rotatable bonds is 4. The second-order valence-electron chi connectivity index (χ2n) is 6.61. The molecule has 5 heteroatoms. The molecule has 0 aliphatic heterocycles. The quantitative estimate of drug-likeness (QED) is 0.742. The Morgan fingerprint density at radius 1 is 1.35 bits per heavy atom. The van der Waals surface area contributed by atoms with Gasteiger partial charge in [0.1, 0.15) is 0 Å². The van der Waals surface area contributed by atoms with Gasteiger partial charge in [0.15, 0.2) is 0 Å². The molecule has 0 aromatic heterocycles. The highest BCUT2D eigenvalue weighted by molar-refractivity contribution is 5.75. The number of hydrogen-bond donors (Lipinski definition) is 3. The van der Waals surface area contributed by atoms with E-state index >= 15 is 0 Å². The van der Waals surface area contributed by atoms with Crippen LogP contribution in [0.5, 0.6) is 0 Å². The van der Waals surface area contributed by atoms with Crippen molar-refractivity contribution < 1.29 is 14.7 Å². The first-order valence-electron chi connectivity index (χ1n) is 7.50. The summed E-state index contributed by atoms with van der Waals surface area (Å²) in [6, 6.07) is 0.0270. The van der Waals surface area contributed by atoms with Crippen LogP contribution in [0.1, 0.15) is 53.9 Å². The topological polar surface area (TPSA) is 78.4 Å². The van der Waals surface area contributed by atoms with E-state index in [1.807, 2.05) is 34.6 Å². The maximum atomic E-state index is 11.9. The summed E-state index contributed by atoms with van der Waals surface area (Å²) in [6.07, 6.45) is 2.22. The van der Waals surface area contributed by atoms with Crippen LogP contribution in [-0.4, -0.2) is 29.2 Å². The van der Waals surface area contributed by atoms with Crippen molar-refractivity contribution in [2.24, 2.45) is 17.3 Å². The van der Waals surface area contributed by atoms with E-state index in [1.54, 1.807) is 0 Å². The highest BCUT2D eigenvalue weighted by Gasteiger charge is 2.46. The average Bonchev–Trinajstić information content (AvgIpc) is 2.34. The Bertz CT molecular complexity index is 368. The number of carboxylic acids is 1. The van der Waals surface area contributed by atoms with Crippen LogP contribution in [0.15, 0.2) is 0 Å². The van der Waals surface area contributed by atoms with Crippen LogP contribution in [-0.2, 0) is 4.79 Å². The molecule has 0 radical (unpaired) electrons.